The predicted octanol–water partition coefficient (Wildman–Crippen LogP) is 3.24. The summed E-state index contributed by atoms with van der Waals surface area (Å²) in [5, 5.41) is 26.1. The molecule has 29 heavy (non-hydrogen) atoms. The van der Waals surface area contributed by atoms with E-state index in [9.17, 15) is 0 Å². The fourth-order valence-electron chi connectivity index (χ4n) is 3.92. The third kappa shape index (κ3) is 6.80. The molecule has 0 unspecified atom stereocenters. The molecule has 0 atom stereocenters. The van der Waals surface area contributed by atoms with Crippen LogP contribution in [0.15, 0.2) is 91.0 Å². The molecule has 0 fully saturated rings. The standard InChI is InChI=1S/C24H29P.BH3O3/c1-2-3-4-14-21-25(22-15-8-5-9-16-22,23-17-10-6-11-18-23)24-19-12-7-13-20-24;2-1(3)4/h5-13,15-20,25H,2-4,14,21H2,1H3;2-4H. The zero-order valence-corrected chi connectivity index (χ0v) is 18.1. The van der Waals surface area contributed by atoms with E-state index in [0.717, 1.165) is 0 Å². The van der Waals surface area contributed by atoms with Gasteiger partial charge < -0.3 is 15.1 Å². The minimum absolute atomic E-state index is 1.28. The van der Waals surface area contributed by atoms with Gasteiger partial charge in [0.05, 0.1) is 0 Å². The SMILES string of the molecule is CCCCCC[PH](c1ccccc1)(c1ccccc1)c1ccccc1.OB(O)O. The van der Waals surface area contributed by atoms with E-state index >= 15 is 0 Å². The van der Waals surface area contributed by atoms with Crippen molar-refractivity contribution in [2.75, 3.05) is 6.16 Å². The first kappa shape index (κ1) is 23.3. The first-order valence-electron chi connectivity index (χ1n) is 10.3. The van der Waals surface area contributed by atoms with Crippen molar-refractivity contribution in [2.24, 2.45) is 0 Å². The summed E-state index contributed by atoms with van der Waals surface area (Å²) < 4.78 is 0. The number of hydrogen-bond donors (Lipinski definition) is 3. The monoisotopic (exact) mass is 410 g/mol. The molecule has 0 amide bonds. The van der Waals surface area contributed by atoms with Crippen molar-refractivity contribution in [1.82, 2.24) is 0 Å². The Balaban J connectivity index is 0.000000687. The van der Waals surface area contributed by atoms with Crippen LogP contribution in [0.5, 0.6) is 0 Å². The molecule has 0 saturated heterocycles. The molecular weight excluding hydrogens is 378 g/mol. The Morgan fingerprint density at radius 2 is 0.931 bits per heavy atom. The second-order valence-electron chi connectivity index (χ2n) is 7.16. The molecule has 3 nitrogen and oxygen atoms in total. The van der Waals surface area contributed by atoms with Crippen molar-refractivity contribution >= 4 is 30.5 Å². The Kier molecular flexibility index (Phi) is 10.1. The molecule has 0 bridgehead atoms. The molecule has 154 valence electrons. The summed E-state index contributed by atoms with van der Waals surface area (Å²) in [6, 6.07) is 33.7. The van der Waals surface area contributed by atoms with Crippen LogP contribution in [0.2, 0.25) is 0 Å². The van der Waals surface area contributed by atoms with E-state index < -0.39 is 14.6 Å². The molecule has 0 aliphatic carbocycles. The summed E-state index contributed by atoms with van der Waals surface area (Å²) in [7, 11) is -4.14. The van der Waals surface area contributed by atoms with Crippen LogP contribution in [0.3, 0.4) is 0 Å². The largest absolute Gasteiger partial charge is 0.631 e. The van der Waals surface area contributed by atoms with E-state index in [2.05, 4.69) is 97.9 Å². The van der Waals surface area contributed by atoms with Gasteiger partial charge in [0, 0.05) is 0 Å². The summed E-state index contributed by atoms with van der Waals surface area (Å²) in [6.45, 7) is 2.29. The number of unbranched alkanes of at least 4 members (excludes halogenated alkanes) is 3. The van der Waals surface area contributed by atoms with E-state index in [1.165, 1.54) is 47.8 Å². The van der Waals surface area contributed by atoms with Gasteiger partial charge in [0.1, 0.15) is 0 Å². The second kappa shape index (κ2) is 12.6. The van der Waals surface area contributed by atoms with Gasteiger partial charge in [0.15, 0.2) is 0 Å². The molecule has 0 saturated carbocycles. The van der Waals surface area contributed by atoms with Gasteiger partial charge in [-0.15, -0.1) is 0 Å². The summed E-state index contributed by atoms with van der Waals surface area (Å²) in [4.78, 5) is 0. The van der Waals surface area contributed by atoms with Gasteiger partial charge in [-0.05, 0) is 0 Å². The van der Waals surface area contributed by atoms with Crippen LogP contribution < -0.4 is 15.9 Å². The molecule has 5 heteroatoms. The van der Waals surface area contributed by atoms with E-state index in [1.807, 2.05) is 0 Å². The molecule has 0 radical (unpaired) electrons. The first-order valence-corrected chi connectivity index (χ1v) is 12.5. The average molecular weight is 410 g/mol. The Morgan fingerprint density at radius 3 is 1.24 bits per heavy atom. The maximum absolute atomic E-state index is 7.17. The van der Waals surface area contributed by atoms with Gasteiger partial charge in [-0.3, -0.25) is 0 Å². The van der Waals surface area contributed by atoms with E-state index in [0.29, 0.717) is 0 Å². The van der Waals surface area contributed by atoms with Crippen LogP contribution in [0.25, 0.3) is 0 Å². The van der Waals surface area contributed by atoms with Crippen LogP contribution in [0.4, 0.5) is 0 Å². The predicted molar refractivity (Wildman–Crippen MR) is 128 cm³/mol. The molecular formula is C24H32BO3P. The topological polar surface area (TPSA) is 60.7 Å². The molecule has 3 rings (SSSR count). The van der Waals surface area contributed by atoms with Crippen LogP contribution in [0, 0.1) is 0 Å². The Labute approximate surface area is 175 Å². The summed E-state index contributed by atoms with van der Waals surface area (Å²) in [6.07, 6.45) is 6.54. The van der Waals surface area contributed by atoms with Crippen molar-refractivity contribution in [3.8, 4) is 0 Å². The van der Waals surface area contributed by atoms with Crippen molar-refractivity contribution in [1.29, 1.82) is 0 Å². The van der Waals surface area contributed by atoms with E-state index in [1.54, 1.807) is 0 Å². The fourth-order valence-corrected chi connectivity index (χ4v) is 8.85. The minimum Gasteiger partial charge on any atom is -0.402 e. The molecule has 3 aromatic rings. The average Bonchev–Trinajstić information content (AvgIpc) is 2.76. The zero-order chi connectivity index (χ0) is 21.0. The van der Waals surface area contributed by atoms with Gasteiger partial charge in [0.2, 0.25) is 0 Å². The molecule has 3 aromatic carbocycles. The van der Waals surface area contributed by atoms with Crippen molar-refractivity contribution < 1.29 is 15.1 Å². The van der Waals surface area contributed by atoms with Gasteiger partial charge in [-0.2, -0.15) is 0 Å². The van der Waals surface area contributed by atoms with Gasteiger partial charge >= 0.3 is 160 Å². The molecule has 0 aliphatic heterocycles. The zero-order valence-electron chi connectivity index (χ0n) is 17.1. The van der Waals surface area contributed by atoms with E-state index in [-0.39, 0.29) is 0 Å². The van der Waals surface area contributed by atoms with Crippen molar-refractivity contribution in [3.05, 3.63) is 91.0 Å². The summed E-state index contributed by atoms with van der Waals surface area (Å²) >= 11 is 0. The number of hydrogen-bond acceptors (Lipinski definition) is 3. The van der Waals surface area contributed by atoms with Gasteiger partial charge in [-0.25, -0.2) is 0 Å². The maximum atomic E-state index is 7.17. The van der Waals surface area contributed by atoms with Crippen LogP contribution in [-0.4, -0.2) is 28.6 Å². The second-order valence-corrected chi connectivity index (χ2v) is 11.2. The smallest absolute Gasteiger partial charge is 0.402 e. The Hall–Kier alpha value is -1.97. The third-order valence-corrected chi connectivity index (χ3v) is 10.3. The Morgan fingerprint density at radius 1 is 0.586 bits per heavy atom. The molecule has 3 N–H and O–H groups in total. The van der Waals surface area contributed by atoms with Gasteiger partial charge in [0.25, 0.3) is 0 Å². The molecule has 0 spiro atoms. The van der Waals surface area contributed by atoms with Crippen molar-refractivity contribution in [3.63, 3.8) is 0 Å². The minimum atomic E-state index is -2.17. The molecule has 0 aliphatic rings. The quantitative estimate of drug-likeness (QED) is 0.304. The molecule has 0 heterocycles. The van der Waals surface area contributed by atoms with Crippen molar-refractivity contribution in [2.45, 2.75) is 32.6 Å². The van der Waals surface area contributed by atoms with Gasteiger partial charge in [-0.1, -0.05) is 0 Å². The number of rotatable bonds is 8. The first-order chi connectivity index (χ1) is 14.1. The normalized spacial score (nSPS) is 11.3. The summed E-state index contributed by atoms with van der Waals surface area (Å²) in [5.41, 5.74) is 0. The van der Waals surface area contributed by atoms with E-state index in [4.69, 9.17) is 15.1 Å². The molecule has 0 aromatic heterocycles. The van der Waals surface area contributed by atoms with Crippen LogP contribution in [0.1, 0.15) is 32.6 Å². The van der Waals surface area contributed by atoms with Crippen LogP contribution in [-0.2, 0) is 0 Å². The maximum Gasteiger partial charge on any atom is 0.631 e. The van der Waals surface area contributed by atoms with Crippen LogP contribution >= 0.6 is 7.26 Å². The number of benzene rings is 3. The third-order valence-electron chi connectivity index (χ3n) is 5.21. The fraction of sp³-hybridized carbons (Fsp3) is 0.250. The Bertz CT molecular complexity index is 699. The summed E-state index contributed by atoms with van der Waals surface area (Å²) in [5.74, 6) is 0.